The summed E-state index contributed by atoms with van der Waals surface area (Å²) >= 11 is 0. The Morgan fingerprint density at radius 1 is 1.26 bits per heavy atom. The molecule has 1 fully saturated rings. The number of nitrogens with one attached hydrogen (secondary N) is 2. The topological polar surface area (TPSA) is 112 Å². The van der Waals surface area contributed by atoms with E-state index in [1.165, 1.54) is 9.36 Å². The van der Waals surface area contributed by atoms with Gasteiger partial charge in [-0.05, 0) is 59.9 Å². The molecule has 1 aliphatic carbocycles. The molecule has 2 atom stereocenters. The van der Waals surface area contributed by atoms with Crippen molar-refractivity contribution in [1.82, 2.24) is 24.9 Å². The Balaban J connectivity index is 1.82. The minimum Gasteiger partial charge on any atom is -0.446 e. The van der Waals surface area contributed by atoms with Crippen LogP contribution < -0.4 is 10.6 Å². The summed E-state index contributed by atoms with van der Waals surface area (Å²) in [6.45, 7) is 9.63. The summed E-state index contributed by atoms with van der Waals surface area (Å²) < 4.78 is 29.2. The van der Waals surface area contributed by atoms with E-state index in [1.807, 2.05) is 34.6 Å². The van der Waals surface area contributed by atoms with Crippen molar-refractivity contribution in [2.24, 2.45) is 7.05 Å². The van der Waals surface area contributed by atoms with E-state index in [1.54, 1.807) is 20.2 Å². The Morgan fingerprint density at radius 3 is 2.59 bits per heavy atom. The molecule has 0 saturated heterocycles. The Morgan fingerprint density at radius 2 is 1.97 bits per heavy atom. The van der Waals surface area contributed by atoms with Gasteiger partial charge >= 0.3 is 6.09 Å². The van der Waals surface area contributed by atoms with Crippen molar-refractivity contribution in [3.05, 3.63) is 29.0 Å². The van der Waals surface area contributed by atoms with Gasteiger partial charge in [0.2, 0.25) is 0 Å². The van der Waals surface area contributed by atoms with E-state index in [9.17, 15) is 9.59 Å². The first-order valence-corrected chi connectivity index (χ1v) is 11.5. The SMILES string of the molecule is COCc1cc(C(=O)Nc2c(F)c([C@H]3CC[C@@H](OC(=O)NC(C)C)C3)nn2C(C)(C)C)n(C)n1. The number of alkyl carbamates (subject to hydrolysis) is 1. The molecule has 2 N–H and O–H groups in total. The second-order valence-electron chi connectivity index (χ2n) is 10.00. The van der Waals surface area contributed by atoms with E-state index >= 15 is 4.39 Å². The molecule has 188 valence electrons. The summed E-state index contributed by atoms with van der Waals surface area (Å²) in [5.41, 5.74) is 0.561. The number of hydrogen-bond donors (Lipinski definition) is 2. The lowest BCUT2D eigenvalue weighted by Gasteiger charge is -2.22. The number of rotatable bonds is 7. The zero-order valence-corrected chi connectivity index (χ0v) is 20.9. The number of anilines is 1. The quantitative estimate of drug-likeness (QED) is 0.628. The second-order valence-corrected chi connectivity index (χ2v) is 10.00. The molecule has 0 aromatic carbocycles. The molecule has 1 saturated carbocycles. The van der Waals surface area contributed by atoms with Gasteiger partial charge in [0.15, 0.2) is 11.6 Å². The molecule has 3 rings (SSSR count). The summed E-state index contributed by atoms with van der Waals surface area (Å²) in [6.07, 6.45) is 0.941. The Bertz CT molecular complexity index is 1040. The van der Waals surface area contributed by atoms with Crippen LogP contribution in [0.2, 0.25) is 0 Å². The first-order valence-electron chi connectivity index (χ1n) is 11.5. The van der Waals surface area contributed by atoms with E-state index in [2.05, 4.69) is 20.8 Å². The smallest absolute Gasteiger partial charge is 0.407 e. The lowest BCUT2D eigenvalue weighted by Crippen LogP contribution is -2.33. The average molecular weight is 479 g/mol. The predicted octanol–water partition coefficient (Wildman–Crippen LogP) is 3.68. The Labute approximate surface area is 199 Å². The number of aromatic nitrogens is 4. The molecule has 0 bridgehead atoms. The number of ether oxygens (including phenoxy) is 2. The van der Waals surface area contributed by atoms with E-state index < -0.39 is 23.4 Å². The fraction of sp³-hybridized carbons (Fsp3) is 0.652. The lowest BCUT2D eigenvalue weighted by atomic mass is 10.0. The first kappa shape index (κ1) is 25.7. The van der Waals surface area contributed by atoms with E-state index in [-0.39, 0.29) is 41.9 Å². The Hall–Kier alpha value is -2.95. The van der Waals surface area contributed by atoms with Crippen LogP contribution in [0.4, 0.5) is 15.0 Å². The standard InChI is InChI=1S/C23H35FN6O4/c1-13(2)25-22(32)34-16-9-8-14(10-16)19-18(24)20(30(28-19)23(3,4)5)26-21(31)17-11-15(12-33-7)27-29(17)6/h11,13-14,16H,8-10,12H2,1-7H3,(H,25,32)(H,26,31)/t14-,16+/m0/s1. The van der Waals surface area contributed by atoms with Crippen molar-refractivity contribution in [3.63, 3.8) is 0 Å². The van der Waals surface area contributed by atoms with Crippen LogP contribution in [0.15, 0.2) is 6.07 Å². The summed E-state index contributed by atoms with van der Waals surface area (Å²) in [6, 6.07) is 1.58. The molecule has 0 radical (unpaired) electrons. The van der Waals surface area contributed by atoms with Crippen molar-refractivity contribution in [1.29, 1.82) is 0 Å². The molecule has 0 unspecified atom stereocenters. The van der Waals surface area contributed by atoms with Gasteiger partial charge in [-0.25, -0.2) is 13.9 Å². The van der Waals surface area contributed by atoms with Gasteiger partial charge in [0, 0.05) is 26.1 Å². The van der Waals surface area contributed by atoms with Crippen LogP contribution in [-0.2, 0) is 28.7 Å². The minimum atomic E-state index is -0.582. The molecule has 1 aliphatic rings. The molecular formula is C23H35FN6O4. The van der Waals surface area contributed by atoms with Gasteiger partial charge in [-0.2, -0.15) is 10.2 Å². The number of amides is 2. The highest BCUT2D eigenvalue weighted by molar-refractivity contribution is 6.02. The zero-order valence-electron chi connectivity index (χ0n) is 20.9. The van der Waals surface area contributed by atoms with E-state index in [0.717, 1.165) is 0 Å². The van der Waals surface area contributed by atoms with Gasteiger partial charge in [0.25, 0.3) is 5.91 Å². The molecule has 11 heteroatoms. The maximum Gasteiger partial charge on any atom is 0.407 e. The van der Waals surface area contributed by atoms with Crippen molar-refractivity contribution < 1.29 is 23.5 Å². The molecule has 2 heterocycles. The van der Waals surface area contributed by atoms with Crippen molar-refractivity contribution in [3.8, 4) is 0 Å². The van der Waals surface area contributed by atoms with Crippen LogP contribution >= 0.6 is 0 Å². The summed E-state index contributed by atoms with van der Waals surface area (Å²) in [4.78, 5) is 24.9. The highest BCUT2D eigenvalue weighted by atomic mass is 19.1. The molecule has 2 aromatic rings. The van der Waals surface area contributed by atoms with Crippen LogP contribution in [-0.4, -0.2) is 50.8 Å². The van der Waals surface area contributed by atoms with Crippen LogP contribution in [0.25, 0.3) is 0 Å². The van der Waals surface area contributed by atoms with Crippen molar-refractivity contribution >= 4 is 17.8 Å². The van der Waals surface area contributed by atoms with Crippen molar-refractivity contribution in [2.45, 2.75) is 84.1 Å². The molecular weight excluding hydrogens is 443 g/mol. The number of hydrogen-bond acceptors (Lipinski definition) is 6. The van der Waals surface area contributed by atoms with Gasteiger partial charge in [-0.1, -0.05) is 0 Å². The number of nitrogens with zero attached hydrogens (tertiary/aromatic N) is 4. The highest BCUT2D eigenvalue weighted by Crippen LogP contribution is 2.39. The molecule has 0 spiro atoms. The monoisotopic (exact) mass is 478 g/mol. The van der Waals surface area contributed by atoms with Gasteiger partial charge in [0.1, 0.15) is 17.5 Å². The third kappa shape index (κ3) is 5.75. The normalized spacial score (nSPS) is 18.4. The van der Waals surface area contributed by atoms with E-state index in [4.69, 9.17) is 9.47 Å². The minimum absolute atomic E-state index is 0.00362. The zero-order chi connectivity index (χ0) is 25.2. The maximum absolute atomic E-state index is 15.7. The molecule has 2 aromatic heterocycles. The van der Waals surface area contributed by atoms with Gasteiger partial charge < -0.3 is 20.1 Å². The Kier molecular flexibility index (Phi) is 7.64. The average Bonchev–Trinajstić information content (AvgIpc) is 3.39. The number of carbonyl (C=O) groups is 2. The van der Waals surface area contributed by atoms with E-state index in [0.29, 0.717) is 25.0 Å². The van der Waals surface area contributed by atoms with Crippen molar-refractivity contribution in [2.75, 3.05) is 12.4 Å². The highest BCUT2D eigenvalue weighted by Gasteiger charge is 2.36. The molecule has 10 nitrogen and oxygen atoms in total. The maximum atomic E-state index is 15.7. The molecule has 0 aliphatic heterocycles. The van der Waals surface area contributed by atoms with Crippen LogP contribution in [0.5, 0.6) is 0 Å². The summed E-state index contributed by atoms with van der Waals surface area (Å²) in [7, 11) is 3.19. The fourth-order valence-corrected chi connectivity index (χ4v) is 4.12. The fourth-order valence-electron chi connectivity index (χ4n) is 4.12. The van der Waals surface area contributed by atoms with Gasteiger partial charge in [0.05, 0.1) is 17.8 Å². The van der Waals surface area contributed by atoms with Crippen LogP contribution in [0.3, 0.4) is 0 Å². The number of aryl methyl sites for hydroxylation is 1. The van der Waals surface area contributed by atoms with Crippen LogP contribution in [0, 0.1) is 5.82 Å². The van der Waals surface area contributed by atoms with Gasteiger partial charge in [-0.3, -0.25) is 9.48 Å². The predicted molar refractivity (Wildman–Crippen MR) is 124 cm³/mol. The second kappa shape index (κ2) is 10.1. The molecule has 34 heavy (non-hydrogen) atoms. The number of methoxy groups -OCH3 is 1. The number of carbonyl (C=O) groups excluding carboxylic acids is 2. The summed E-state index contributed by atoms with van der Waals surface area (Å²) in [5, 5.41) is 14.2. The third-order valence-electron chi connectivity index (χ3n) is 5.63. The summed E-state index contributed by atoms with van der Waals surface area (Å²) in [5.74, 6) is -1.28. The van der Waals surface area contributed by atoms with Crippen LogP contribution in [0.1, 0.15) is 81.7 Å². The lowest BCUT2D eigenvalue weighted by molar-refractivity contribution is 0.0978. The first-order chi connectivity index (χ1) is 15.9. The third-order valence-corrected chi connectivity index (χ3v) is 5.63. The largest absolute Gasteiger partial charge is 0.446 e. The molecule has 2 amide bonds. The number of halogens is 1. The van der Waals surface area contributed by atoms with Gasteiger partial charge in [-0.15, -0.1) is 0 Å².